The Morgan fingerprint density at radius 3 is 1.25 bits per heavy atom. The Labute approximate surface area is 435 Å². The fraction of sp³-hybridized carbons (Fsp3) is 0.500. The van der Waals surface area contributed by atoms with Gasteiger partial charge in [-0.25, -0.2) is 4.39 Å². The van der Waals surface area contributed by atoms with Gasteiger partial charge in [0.1, 0.15) is 53.8 Å². The zero-order valence-electron chi connectivity index (χ0n) is 45.9. The Balaban J connectivity index is 0.000000450. The van der Waals surface area contributed by atoms with Crippen LogP contribution in [0.1, 0.15) is 156 Å². The monoisotopic (exact) mass is 996 g/mol. The van der Waals surface area contributed by atoms with E-state index in [1.165, 1.54) is 50.6 Å². The molecule has 10 heteroatoms. The lowest BCUT2D eigenvalue weighted by Gasteiger charge is -2.26. The van der Waals surface area contributed by atoms with Gasteiger partial charge in [0.15, 0.2) is 6.61 Å². The molecule has 6 rings (SSSR count). The van der Waals surface area contributed by atoms with Crippen LogP contribution in [-0.4, -0.2) is 72.2 Å². The summed E-state index contributed by atoms with van der Waals surface area (Å²) in [5, 5.41) is 17.1. The van der Waals surface area contributed by atoms with Crippen molar-refractivity contribution in [2.75, 3.05) is 67.1 Å². The molecule has 0 aromatic heterocycles. The first kappa shape index (κ1) is 64.4. The van der Waals surface area contributed by atoms with E-state index in [-0.39, 0.29) is 32.4 Å². The molecule has 0 atom stereocenters. The quantitative estimate of drug-likeness (QED) is 0.0859. The second-order valence-electron chi connectivity index (χ2n) is 19.4. The largest absolute Gasteiger partial charge is 0.496 e. The predicted molar refractivity (Wildman–Crippen MR) is 296 cm³/mol. The van der Waals surface area contributed by atoms with E-state index in [4.69, 9.17) is 43.5 Å². The minimum atomic E-state index is -0.206. The number of benzene rings is 5. The van der Waals surface area contributed by atoms with E-state index in [9.17, 15) is 4.39 Å². The van der Waals surface area contributed by atoms with Gasteiger partial charge in [-0.15, -0.1) is 0 Å². The van der Waals surface area contributed by atoms with Crippen LogP contribution in [0.15, 0.2) is 91.0 Å². The van der Waals surface area contributed by atoms with E-state index in [0.29, 0.717) is 56.0 Å². The lowest BCUT2D eigenvalue weighted by molar-refractivity contribution is -0.0509. The number of rotatable bonds is 18. The van der Waals surface area contributed by atoms with Gasteiger partial charge < -0.3 is 38.3 Å². The average molecular weight is 996 g/mol. The molecule has 0 amide bonds. The van der Waals surface area contributed by atoms with Crippen molar-refractivity contribution in [3.05, 3.63) is 147 Å². The molecule has 0 saturated carbocycles. The standard InChI is InChI=1S/C13H17FO2.C13H20O2.C12H15NO.C12H18O2.C11H16O.CH4/c1-9(2)12-5-11(14)3-4-13(12)16-8-10-6-15-7-10;1-10(2)12-9-11(3)5-6-13(12)15-8-7-14-4;2*1-9(2)11-8-10(3)4-5-12(11)14-7-6-13;1-8(2)10-7-9(3)5-6-11(10)12-4;/h3-5,9-10H,6-8H2,1-2H3;5-6,9-10H,7-8H2,1-4H3;4-5,8-9H,7H2,1-3H3;4-5,8-9,13H,6-7H2,1-3H3;5-8H,1-4H3;1H4. The first-order valence-electron chi connectivity index (χ1n) is 25.1. The SMILES string of the molecule is C.CC(C)c1cc(F)ccc1OCC1COC1.COCCOc1ccc(C)cc1C(C)C.COc1ccc(C)cc1C(C)C.Cc1ccc(OCC#N)c(C(C)C)c1.Cc1ccc(OCCO)c(C(C)C)c1. The van der Waals surface area contributed by atoms with Crippen LogP contribution in [-0.2, 0) is 9.47 Å². The number of hydrogen-bond acceptors (Lipinski definition) is 9. The molecule has 1 fully saturated rings. The number of ether oxygens (including phenoxy) is 7. The molecule has 9 nitrogen and oxygen atoms in total. The number of aliphatic hydroxyl groups is 1. The molecule has 0 aliphatic carbocycles. The Morgan fingerprint density at radius 1 is 0.528 bits per heavy atom. The number of methoxy groups -OCH3 is 2. The third-order valence-corrected chi connectivity index (χ3v) is 11.3. The van der Waals surface area contributed by atoms with Crippen LogP contribution in [0.5, 0.6) is 28.7 Å². The van der Waals surface area contributed by atoms with Crippen molar-refractivity contribution in [1.29, 1.82) is 5.26 Å². The maximum absolute atomic E-state index is 13.1. The van der Waals surface area contributed by atoms with Gasteiger partial charge in [-0.2, -0.15) is 5.26 Å². The molecular weight excluding hydrogens is 906 g/mol. The molecule has 1 aliphatic heterocycles. The van der Waals surface area contributed by atoms with Gasteiger partial charge in [0.2, 0.25) is 0 Å². The summed E-state index contributed by atoms with van der Waals surface area (Å²) in [5.41, 5.74) is 10.9. The highest BCUT2D eigenvalue weighted by Crippen LogP contribution is 2.31. The van der Waals surface area contributed by atoms with E-state index in [0.717, 1.165) is 47.5 Å². The van der Waals surface area contributed by atoms with Crippen LogP contribution in [0, 0.1) is 50.8 Å². The van der Waals surface area contributed by atoms with E-state index in [1.54, 1.807) is 26.4 Å². The Bertz CT molecular complexity index is 2330. The van der Waals surface area contributed by atoms with Gasteiger partial charge >= 0.3 is 0 Å². The summed E-state index contributed by atoms with van der Waals surface area (Å²) in [4.78, 5) is 0. The van der Waals surface area contributed by atoms with Crippen LogP contribution < -0.4 is 23.7 Å². The molecule has 0 radical (unpaired) electrons. The van der Waals surface area contributed by atoms with Crippen molar-refractivity contribution in [3.63, 3.8) is 0 Å². The second-order valence-corrected chi connectivity index (χ2v) is 19.4. The summed E-state index contributed by atoms with van der Waals surface area (Å²) >= 11 is 0. The van der Waals surface area contributed by atoms with E-state index < -0.39 is 0 Å². The van der Waals surface area contributed by atoms with Gasteiger partial charge in [-0.1, -0.05) is 147 Å². The van der Waals surface area contributed by atoms with Crippen LogP contribution >= 0.6 is 0 Å². The van der Waals surface area contributed by atoms with Gasteiger partial charge in [0.05, 0.1) is 40.1 Å². The highest BCUT2D eigenvalue weighted by molar-refractivity contribution is 5.42. The predicted octanol–water partition coefficient (Wildman–Crippen LogP) is 15.4. The number of aliphatic hydroxyl groups excluding tert-OH is 1. The lowest BCUT2D eigenvalue weighted by atomic mass is 10.00. The average Bonchev–Trinajstić information content (AvgIpc) is 3.31. The Hall–Kier alpha value is -5.60. The third kappa shape index (κ3) is 23.3. The fourth-order valence-electron chi connectivity index (χ4n) is 7.25. The second kappa shape index (κ2) is 34.7. The van der Waals surface area contributed by atoms with Gasteiger partial charge in [0.25, 0.3) is 0 Å². The summed E-state index contributed by atoms with van der Waals surface area (Å²) in [5.74, 6) is 6.92. The normalized spacial score (nSPS) is 11.6. The zero-order valence-corrected chi connectivity index (χ0v) is 45.9. The van der Waals surface area contributed by atoms with E-state index >= 15 is 0 Å². The lowest BCUT2D eigenvalue weighted by Crippen LogP contribution is -2.32. The van der Waals surface area contributed by atoms with Crippen LogP contribution in [0.3, 0.4) is 0 Å². The van der Waals surface area contributed by atoms with Crippen molar-refractivity contribution in [1.82, 2.24) is 0 Å². The fourth-order valence-corrected chi connectivity index (χ4v) is 7.25. The molecule has 72 heavy (non-hydrogen) atoms. The van der Waals surface area contributed by atoms with Crippen LogP contribution in [0.25, 0.3) is 0 Å². The third-order valence-electron chi connectivity index (χ3n) is 11.3. The highest BCUT2D eigenvalue weighted by atomic mass is 19.1. The molecule has 0 bridgehead atoms. The molecule has 398 valence electrons. The summed E-state index contributed by atoms with van der Waals surface area (Å²) in [6.07, 6.45) is 0. The van der Waals surface area contributed by atoms with Gasteiger partial charge in [-0.3, -0.25) is 0 Å². The van der Waals surface area contributed by atoms with Gasteiger partial charge in [0, 0.05) is 13.0 Å². The smallest absolute Gasteiger partial charge is 0.174 e. The van der Waals surface area contributed by atoms with Crippen molar-refractivity contribution >= 4 is 0 Å². The maximum atomic E-state index is 13.1. The Kier molecular flexibility index (Phi) is 31.1. The zero-order chi connectivity index (χ0) is 53.0. The molecule has 1 heterocycles. The van der Waals surface area contributed by atoms with Crippen molar-refractivity contribution < 1.29 is 42.7 Å². The summed E-state index contributed by atoms with van der Waals surface area (Å²) < 4.78 is 50.6. The molecule has 5 aromatic carbocycles. The van der Waals surface area contributed by atoms with Crippen LogP contribution in [0.4, 0.5) is 4.39 Å². The van der Waals surface area contributed by atoms with E-state index in [1.807, 2.05) is 56.3 Å². The first-order valence-corrected chi connectivity index (χ1v) is 25.1. The van der Waals surface area contributed by atoms with Crippen molar-refractivity contribution in [3.8, 4) is 34.8 Å². The number of halogens is 1. The van der Waals surface area contributed by atoms with Crippen LogP contribution in [0.2, 0.25) is 0 Å². The Morgan fingerprint density at radius 2 is 0.889 bits per heavy atom. The van der Waals surface area contributed by atoms with Crippen molar-refractivity contribution in [2.45, 2.75) is 134 Å². The molecule has 1 saturated heterocycles. The maximum Gasteiger partial charge on any atom is 0.174 e. The van der Waals surface area contributed by atoms with Gasteiger partial charge in [-0.05, 0) is 128 Å². The number of aryl methyl sites for hydroxylation is 4. The summed E-state index contributed by atoms with van der Waals surface area (Å²) in [6, 6.07) is 31.5. The molecule has 5 aromatic rings. The molecule has 1 N–H and O–H groups in total. The minimum absolute atomic E-state index is 0. The molecule has 0 spiro atoms. The minimum Gasteiger partial charge on any atom is -0.496 e. The number of nitrogens with zero attached hydrogens (tertiary/aromatic N) is 1. The summed E-state index contributed by atoms with van der Waals surface area (Å²) in [7, 11) is 3.40. The van der Waals surface area contributed by atoms with Crippen molar-refractivity contribution in [2.24, 2.45) is 5.92 Å². The molecule has 1 aliphatic rings. The number of nitriles is 1. The first-order chi connectivity index (χ1) is 33.8. The molecule has 0 unspecified atom stereocenters. The van der Waals surface area contributed by atoms with E-state index in [2.05, 4.69) is 119 Å². The highest BCUT2D eigenvalue weighted by Gasteiger charge is 2.20. The topological polar surface area (TPSA) is 109 Å². The molecular formula is C62H90FNO8. The summed E-state index contributed by atoms with van der Waals surface area (Å²) in [6.45, 7) is 33.6. The number of hydrogen-bond donors (Lipinski definition) is 1.